The van der Waals surface area contributed by atoms with Gasteiger partial charge in [0.2, 0.25) is 0 Å². The van der Waals surface area contributed by atoms with Crippen molar-refractivity contribution in [1.29, 1.82) is 0 Å². The summed E-state index contributed by atoms with van der Waals surface area (Å²) in [6, 6.07) is 105. The van der Waals surface area contributed by atoms with Gasteiger partial charge in [0.25, 0.3) is 0 Å². The van der Waals surface area contributed by atoms with Gasteiger partial charge in [0.1, 0.15) is 6.23 Å². The fourth-order valence-corrected chi connectivity index (χ4v) is 17.6. The second kappa shape index (κ2) is 30.6. The van der Waals surface area contributed by atoms with Gasteiger partial charge in [0.15, 0.2) is 0 Å². The van der Waals surface area contributed by atoms with Gasteiger partial charge in [0.05, 0.1) is 35.3 Å². The highest BCUT2D eigenvalue weighted by Gasteiger charge is 2.45. The number of aromatic nitrogens is 2. The molecule has 100 heavy (non-hydrogen) atoms. The number of hydrogen-bond donors (Lipinski definition) is 0. The summed E-state index contributed by atoms with van der Waals surface area (Å²) in [7, 11) is -4.63. The third-order valence-corrected chi connectivity index (χ3v) is 23.2. The second-order valence-corrected chi connectivity index (χ2v) is 29.1. The number of hydrogen-bond acceptors (Lipinski definition) is 10. The molecule has 0 saturated carbocycles. The van der Waals surface area contributed by atoms with Crippen LogP contribution in [-0.4, -0.2) is 73.4 Å². The Morgan fingerprint density at radius 1 is 0.280 bits per heavy atom. The zero-order chi connectivity index (χ0) is 68.4. The molecule has 0 fully saturated rings. The molecule has 0 radical (unpaired) electrons. The maximum absolute atomic E-state index is 6.40. The van der Waals surface area contributed by atoms with E-state index in [0.29, 0.717) is 52.5 Å². The molecule has 0 spiro atoms. The number of anilines is 6. The highest BCUT2D eigenvalue weighted by molar-refractivity contribution is 6.60. The molecule has 0 saturated heterocycles. The van der Waals surface area contributed by atoms with E-state index in [9.17, 15) is 0 Å². The Balaban J connectivity index is 0.774. The monoisotopic (exact) mass is 1350 g/mol. The van der Waals surface area contributed by atoms with Crippen molar-refractivity contribution < 1.29 is 35.7 Å². The molecule has 14 aromatic rings. The van der Waals surface area contributed by atoms with Crippen LogP contribution in [0.2, 0.25) is 0 Å². The molecule has 12 aromatic carbocycles. The van der Waals surface area contributed by atoms with Crippen molar-refractivity contribution in [3.63, 3.8) is 0 Å². The molecular weight excluding hydrogens is 1270 g/mol. The van der Waals surface area contributed by atoms with Crippen LogP contribution in [0.25, 0.3) is 88.4 Å². The van der Waals surface area contributed by atoms with Gasteiger partial charge in [-0.1, -0.05) is 158 Å². The number of rotatable bonds is 29. The van der Waals surface area contributed by atoms with E-state index in [1.54, 1.807) is 7.11 Å². The van der Waals surface area contributed by atoms with E-state index in [2.05, 4.69) is 310 Å². The van der Waals surface area contributed by atoms with E-state index >= 15 is 0 Å². The van der Waals surface area contributed by atoms with Gasteiger partial charge in [-0.05, 0) is 213 Å². The van der Waals surface area contributed by atoms with Gasteiger partial charge in [-0.15, -0.1) is 0 Å². The lowest BCUT2D eigenvalue weighted by molar-refractivity contribution is -0.0319. The number of ether oxygens (including phenoxy) is 1. The minimum absolute atomic E-state index is 0.294. The fraction of sp³-hybridized carbons (Fsp3) is 0.163. The third-order valence-electron chi connectivity index (χ3n) is 18.1. The Kier molecular flexibility index (Phi) is 20.6. The van der Waals surface area contributed by atoms with E-state index < -0.39 is 17.9 Å². The zero-order valence-corrected chi connectivity index (χ0v) is 59.4. The average molecular weight is 1360 g/mol. The highest BCUT2D eigenvalue weighted by Crippen LogP contribution is 2.44. The van der Waals surface area contributed by atoms with Gasteiger partial charge in [-0.2, -0.15) is 0 Å². The number of methoxy groups -OCH3 is 1. The summed E-state index contributed by atoms with van der Waals surface area (Å²) < 4.78 is 53.0. The van der Waals surface area contributed by atoms with Crippen molar-refractivity contribution in [3.8, 4) is 44.8 Å². The smallest absolute Gasteiger partial charge is 0.380 e. The number of para-hydroxylation sites is 4. The average Bonchev–Trinajstić information content (AvgIpc) is 1.59. The van der Waals surface area contributed by atoms with Crippen LogP contribution in [0.3, 0.4) is 0 Å². The zero-order valence-electron chi connectivity index (χ0n) is 57.4. The second-order valence-electron chi connectivity index (χ2n) is 24.4. The molecule has 14 rings (SSSR count). The molecule has 0 bridgehead atoms. The van der Waals surface area contributed by atoms with Crippen LogP contribution >= 0.6 is 0 Å². The van der Waals surface area contributed by atoms with Crippen LogP contribution < -0.4 is 9.80 Å². The molecule has 12 nitrogen and oxygen atoms in total. The van der Waals surface area contributed by atoms with Crippen LogP contribution in [-0.2, 0) is 48.9 Å². The first-order valence-corrected chi connectivity index (χ1v) is 38.1. The van der Waals surface area contributed by atoms with Crippen LogP contribution in [0, 0.1) is 0 Å². The predicted molar refractivity (Wildman–Crippen MR) is 412 cm³/mol. The molecule has 0 amide bonds. The molecule has 14 heteroatoms. The standard InChI is InChI=1S/C86H82N4O8Si2/c1-7-92-99(62-91-6,93-8-2)97-60-63-32-36-67(37-33-63)69-44-52-83-79(56-69)81-58-77(50-54-85(81)89(83)73-28-20-14-21-29-73)87(71-24-16-12-17-25-71)75-46-40-65(41-47-75)66-42-48-76(49-43-66)88(72-26-18-13-19-27-72)78-51-55-86-82(59-78)80-57-70(45-53-84(80)90(86)74-30-22-15-23-31-74)68-38-34-64(35-39-68)61-98-100(94-9-3,95-10-4)96-11-5/h12-59H,7-11,60-62H2,1-6H3. The van der Waals surface area contributed by atoms with Crippen molar-refractivity contribution in [2.45, 2.75) is 47.8 Å². The van der Waals surface area contributed by atoms with E-state index in [1.807, 2.05) is 34.6 Å². The fourth-order valence-electron chi connectivity index (χ4n) is 13.6. The maximum atomic E-state index is 6.40. The normalized spacial score (nSPS) is 11.9. The number of fused-ring (bicyclic) bond motifs is 6. The van der Waals surface area contributed by atoms with Crippen molar-refractivity contribution in [2.24, 2.45) is 0 Å². The summed E-state index contributed by atoms with van der Waals surface area (Å²) in [5, 5.41) is 4.62. The highest BCUT2D eigenvalue weighted by atomic mass is 28.4. The van der Waals surface area contributed by atoms with Gasteiger partial charge < -0.3 is 54.7 Å². The number of nitrogens with zero attached hydrogens (tertiary/aromatic N) is 4. The lowest BCUT2D eigenvalue weighted by atomic mass is 10.0. The quantitative estimate of drug-likeness (QED) is 0.0422. The van der Waals surface area contributed by atoms with Gasteiger partial charge in [-0.3, -0.25) is 0 Å². The molecule has 0 aliphatic rings. The van der Waals surface area contributed by atoms with Gasteiger partial charge >= 0.3 is 17.9 Å². The molecule has 0 atom stereocenters. The lowest BCUT2D eigenvalue weighted by Crippen LogP contribution is -2.50. The first-order valence-electron chi connectivity index (χ1n) is 34.6. The third kappa shape index (κ3) is 14.0. The van der Waals surface area contributed by atoms with Crippen LogP contribution in [0.5, 0.6) is 0 Å². The summed E-state index contributed by atoms with van der Waals surface area (Å²) in [4.78, 5) is 4.71. The van der Waals surface area contributed by atoms with Crippen molar-refractivity contribution in [3.05, 3.63) is 302 Å². The van der Waals surface area contributed by atoms with Crippen LogP contribution in [0.15, 0.2) is 291 Å². The summed E-state index contributed by atoms with van der Waals surface area (Å²) in [6.45, 7) is 12.7. The summed E-state index contributed by atoms with van der Waals surface area (Å²) in [5.74, 6) is 0. The van der Waals surface area contributed by atoms with E-state index in [-0.39, 0.29) is 0 Å². The molecule has 0 aliphatic carbocycles. The van der Waals surface area contributed by atoms with E-state index in [1.165, 1.54) is 0 Å². The largest absolute Gasteiger partial charge is 0.679 e. The SMILES string of the molecule is CCO[Si](COC)(OCC)OCc1ccc(-c2ccc3c(c2)c2cc(N(c4ccccc4)c4ccc(-c5ccc(N(c6ccccc6)c6ccc7c(c6)c6cc(-c8ccc(CO[Si](OCC)(OCC)OCC)cc8)ccc6n7-c6ccccc6)cc5)cc4)ccc2n3-c2ccccc2)cc1. The van der Waals surface area contributed by atoms with Gasteiger partial charge in [0, 0.05) is 107 Å². The first kappa shape index (κ1) is 67.2. The summed E-state index contributed by atoms with van der Waals surface area (Å²) >= 11 is 0. The molecular formula is C86H82N4O8Si2. The molecule has 0 unspecified atom stereocenters. The maximum Gasteiger partial charge on any atom is 0.679 e. The topological polar surface area (TPSA) is 90.2 Å². The predicted octanol–water partition coefficient (Wildman–Crippen LogP) is 21.6. The minimum atomic E-state index is -3.28. The summed E-state index contributed by atoms with van der Waals surface area (Å²) in [5.41, 5.74) is 21.7. The Hall–Kier alpha value is -10.0. The van der Waals surface area contributed by atoms with Crippen LogP contribution in [0.1, 0.15) is 45.7 Å². The molecule has 0 N–H and O–H groups in total. The van der Waals surface area contributed by atoms with Crippen LogP contribution in [0.4, 0.5) is 34.1 Å². The van der Waals surface area contributed by atoms with E-state index in [4.69, 9.17) is 35.7 Å². The van der Waals surface area contributed by atoms with E-state index in [0.717, 1.165) is 134 Å². The Morgan fingerprint density at radius 3 is 0.950 bits per heavy atom. The Labute approximate surface area is 588 Å². The van der Waals surface area contributed by atoms with Crippen molar-refractivity contribution in [2.75, 3.05) is 56.2 Å². The van der Waals surface area contributed by atoms with Crippen molar-refractivity contribution in [1.82, 2.24) is 9.13 Å². The Bertz CT molecular complexity index is 4690. The first-order chi connectivity index (χ1) is 49.2. The minimum Gasteiger partial charge on any atom is -0.380 e. The number of benzene rings is 12. The molecule has 0 aliphatic heterocycles. The molecule has 2 aromatic heterocycles. The van der Waals surface area contributed by atoms with Crippen molar-refractivity contribution >= 4 is 95.6 Å². The van der Waals surface area contributed by atoms with Gasteiger partial charge in [-0.25, -0.2) is 0 Å². The molecule has 2 heterocycles. The summed E-state index contributed by atoms with van der Waals surface area (Å²) in [6.07, 6.45) is 0.294. The Morgan fingerprint density at radius 2 is 0.580 bits per heavy atom. The molecule has 502 valence electrons. The lowest BCUT2D eigenvalue weighted by Gasteiger charge is -2.28.